The Balaban J connectivity index is 1.28. The lowest BCUT2D eigenvalue weighted by Crippen LogP contribution is -2.51. The van der Waals surface area contributed by atoms with E-state index >= 15 is 0 Å². The lowest BCUT2D eigenvalue weighted by Gasteiger charge is -2.39. The monoisotopic (exact) mass is 501 g/mol. The van der Waals surface area contributed by atoms with Crippen molar-refractivity contribution in [1.82, 2.24) is 19.4 Å². The van der Waals surface area contributed by atoms with Crippen molar-refractivity contribution < 1.29 is 9.53 Å². The highest BCUT2D eigenvalue weighted by Gasteiger charge is 2.30. The molecule has 4 heterocycles. The molecule has 3 aromatic rings. The Labute approximate surface area is 207 Å². The van der Waals surface area contributed by atoms with E-state index in [1.807, 2.05) is 18.2 Å². The third-order valence-electron chi connectivity index (χ3n) is 6.66. The number of nitrogens with zero attached hydrogens (tertiary/aromatic N) is 5. The van der Waals surface area contributed by atoms with Crippen LogP contribution in [0.2, 0.25) is 5.02 Å². The second-order valence-electron chi connectivity index (χ2n) is 8.76. The van der Waals surface area contributed by atoms with Gasteiger partial charge in [0.05, 0.1) is 42.1 Å². The largest absolute Gasteiger partial charge is 0.450 e. The number of hydrogen-bond acceptors (Lipinski definition) is 7. The minimum atomic E-state index is -0.340. The molecule has 0 spiro atoms. The Hall–Kier alpha value is -2.62. The molecular weight excluding hydrogens is 474 g/mol. The summed E-state index contributed by atoms with van der Waals surface area (Å²) in [6, 6.07) is 8.13. The maximum absolute atomic E-state index is 13.4. The van der Waals surface area contributed by atoms with Crippen LogP contribution in [0.15, 0.2) is 35.4 Å². The number of hydrogen-bond donors (Lipinski definition) is 0. The third-order valence-corrected chi connectivity index (χ3v) is 8.11. The molecule has 0 aliphatic carbocycles. The summed E-state index contributed by atoms with van der Waals surface area (Å²) in [5.41, 5.74) is 1.96. The maximum Gasteiger partial charge on any atom is 0.410 e. The maximum atomic E-state index is 13.4. The van der Waals surface area contributed by atoms with Crippen molar-refractivity contribution in [3.63, 3.8) is 0 Å². The lowest BCUT2D eigenvalue weighted by atomic mass is 10.2. The van der Waals surface area contributed by atoms with E-state index in [1.54, 1.807) is 22.7 Å². The van der Waals surface area contributed by atoms with Crippen molar-refractivity contribution in [2.45, 2.75) is 39.5 Å². The summed E-state index contributed by atoms with van der Waals surface area (Å²) < 4.78 is 6.85. The first-order chi connectivity index (χ1) is 16.5. The molecule has 2 aliphatic rings. The summed E-state index contributed by atoms with van der Waals surface area (Å²) in [5, 5.41) is 1.42. The molecule has 1 unspecified atom stereocenters. The fourth-order valence-electron chi connectivity index (χ4n) is 4.83. The fraction of sp³-hybridized carbons (Fsp3) is 0.458. The van der Waals surface area contributed by atoms with Crippen molar-refractivity contribution in [3.05, 3.63) is 56.4 Å². The van der Waals surface area contributed by atoms with Crippen LogP contribution >= 0.6 is 22.9 Å². The number of carbonyl (C=O) groups excluding carboxylic acids is 1. The summed E-state index contributed by atoms with van der Waals surface area (Å²) in [4.78, 5) is 38.3. The van der Waals surface area contributed by atoms with Crippen LogP contribution in [0.25, 0.3) is 10.2 Å². The van der Waals surface area contributed by atoms with E-state index in [-0.39, 0.29) is 17.7 Å². The van der Waals surface area contributed by atoms with Crippen molar-refractivity contribution in [1.29, 1.82) is 0 Å². The number of ether oxygens (including phenoxy) is 1. The molecule has 1 fully saturated rings. The summed E-state index contributed by atoms with van der Waals surface area (Å²) in [5.74, 6) is 0. The van der Waals surface area contributed by atoms with Gasteiger partial charge in [-0.05, 0) is 26.0 Å². The smallest absolute Gasteiger partial charge is 0.410 e. The second-order valence-corrected chi connectivity index (χ2v) is 10.3. The Bertz CT molecular complexity index is 1270. The summed E-state index contributed by atoms with van der Waals surface area (Å²) >= 11 is 7.87. The first kappa shape index (κ1) is 23.1. The van der Waals surface area contributed by atoms with Crippen molar-refractivity contribution in [2.24, 2.45) is 0 Å². The molecule has 10 heteroatoms. The van der Waals surface area contributed by atoms with Crippen LogP contribution in [0.5, 0.6) is 0 Å². The molecule has 5 rings (SSSR count). The van der Waals surface area contributed by atoms with Gasteiger partial charge in [-0.2, -0.15) is 0 Å². The van der Waals surface area contributed by atoms with Gasteiger partial charge < -0.3 is 9.64 Å². The number of fused-ring (bicyclic) bond motifs is 3. The van der Waals surface area contributed by atoms with E-state index in [0.717, 1.165) is 52.2 Å². The van der Waals surface area contributed by atoms with Gasteiger partial charge >= 0.3 is 6.09 Å². The highest BCUT2D eigenvalue weighted by molar-refractivity contribution is 7.18. The first-order valence-electron chi connectivity index (χ1n) is 11.6. The highest BCUT2D eigenvalue weighted by Crippen LogP contribution is 2.35. The number of para-hydroxylation sites is 1. The zero-order chi connectivity index (χ0) is 23.8. The third kappa shape index (κ3) is 4.28. The first-order valence-corrected chi connectivity index (χ1v) is 12.8. The molecule has 34 heavy (non-hydrogen) atoms. The average molecular weight is 502 g/mol. The van der Waals surface area contributed by atoms with Crippen molar-refractivity contribution in [3.8, 4) is 0 Å². The van der Waals surface area contributed by atoms with Crippen LogP contribution in [0, 0.1) is 0 Å². The SMILES string of the molecule is CCOC(=O)N1Cc2sc3ncn(CC(C)N4CCN(c5ccccc5Cl)CC4)c(=O)c3c2C1. The molecule has 1 atom stereocenters. The number of piperazine rings is 1. The minimum Gasteiger partial charge on any atom is -0.450 e. The van der Waals surface area contributed by atoms with Gasteiger partial charge in [-0.25, -0.2) is 9.78 Å². The zero-order valence-corrected chi connectivity index (χ0v) is 20.9. The molecule has 2 aliphatic heterocycles. The second kappa shape index (κ2) is 9.56. The van der Waals surface area contributed by atoms with E-state index in [9.17, 15) is 9.59 Å². The van der Waals surface area contributed by atoms with E-state index in [4.69, 9.17) is 16.3 Å². The molecule has 180 valence electrons. The van der Waals surface area contributed by atoms with Gasteiger partial charge in [0.15, 0.2) is 0 Å². The minimum absolute atomic E-state index is 0.0326. The zero-order valence-electron chi connectivity index (χ0n) is 19.4. The molecule has 0 radical (unpaired) electrons. The van der Waals surface area contributed by atoms with Gasteiger partial charge in [0, 0.05) is 49.2 Å². The Morgan fingerprint density at radius 1 is 1.21 bits per heavy atom. The summed E-state index contributed by atoms with van der Waals surface area (Å²) in [6.07, 6.45) is 1.32. The van der Waals surface area contributed by atoms with E-state index in [0.29, 0.717) is 31.6 Å². The Morgan fingerprint density at radius 3 is 2.71 bits per heavy atom. The van der Waals surface area contributed by atoms with E-state index < -0.39 is 0 Å². The van der Waals surface area contributed by atoms with Gasteiger partial charge in [-0.3, -0.25) is 19.2 Å². The number of carbonyl (C=O) groups is 1. The van der Waals surface area contributed by atoms with Gasteiger partial charge in [0.1, 0.15) is 4.83 Å². The number of benzene rings is 1. The van der Waals surface area contributed by atoms with Crippen LogP contribution in [-0.2, 0) is 24.4 Å². The predicted octanol–water partition coefficient (Wildman–Crippen LogP) is 3.79. The molecular formula is C24H28ClN5O3S. The molecule has 1 aromatic carbocycles. The standard InChI is InChI=1S/C24H28ClN5O3S/c1-3-33-24(32)29-13-17-20(14-29)34-22-21(17)23(31)30(15-26-22)12-16(2)27-8-10-28(11-9-27)19-7-5-4-6-18(19)25/h4-7,15-16H,3,8-14H2,1-2H3. The highest BCUT2D eigenvalue weighted by atomic mass is 35.5. The molecule has 2 aromatic heterocycles. The number of halogens is 1. The van der Waals surface area contributed by atoms with Gasteiger partial charge in [-0.15, -0.1) is 11.3 Å². The number of thiophene rings is 1. The van der Waals surface area contributed by atoms with Crippen LogP contribution < -0.4 is 10.5 Å². The molecule has 0 N–H and O–H groups in total. The number of rotatable bonds is 5. The van der Waals surface area contributed by atoms with Crippen LogP contribution in [0.4, 0.5) is 10.5 Å². The topological polar surface area (TPSA) is 70.9 Å². The van der Waals surface area contributed by atoms with Crippen molar-refractivity contribution >= 4 is 44.9 Å². The summed E-state index contributed by atoms with van der Waals surface area (Å²) in [7, 11) is 0. The Morgan fingerprint density at radius 2 is 1.97 bits per heavy atom. The van der Waals surface area contributed by atoms with E-state index in [1.165, 1.54) is 11.3 Å². The van der Waals surface area contributed by atoms with Gasteiger partial charge in [0.2, 0.25) is 0 Å². The quantitative estimate of drug-likeness (QED) is 0.529. The number of anilines is 1. The van der Waals surface area contributed by atoms with Crippen molar-refractivity contribution in [2.75, 3.05) is 37.7 Å². The lowest BCUT2D eigenvalue weighted by molar-refractivity contribution is 0.107. The molecule has 0 saturated carbocycles. The van der Waals surface area contributed by atoms with Crippen LogP contribution in [0.3, 0.4) is 0 Å². The van der Waals surface area contributed by atoms with Crippen LogP contribution in [-0.4, -0.2) is 64.3 Å². The molecule has 0 bridgehead atoms. The molecule has 1 saturated heterocycles. The Kier molecular flexibility index (Phi) is 6.50. The normalized spacial score (nSPS) is 17.3. The van der Waals surface area contributed by atoms with E-state index in [2.05, 4.69) is 27.8 Å². The predicted molar refractivity (Wildman–Crippen MR) is 135 cm³/mol. The molecule has 8 nitrogen and oxygen atoms in total. The average Bonchev–Trinajstić information content (AvgIpc) is 3.40. The van der Waals surface area contributed by atoms with Crippen LogP contribution in [0.1, 0.15) is 24.3 Å². The summed E-state index contributed by atoms with van der Waals surface area (Å²) in [6.45, 7) is 9.31. The number of amides is 1. The fourth-order valence-corrected chi connectivity index (χ4v) is 6.24. The number of aromatic nitrogens is 2. The van der Waals surface area contributed by atoms with Gasteiger partial charge in [-0.1, -0.05) is 23.7 Å². The molecule has 1 amide bonds. The van der Waals surface area contributed by atoms with Gasteiger partial charge in [0.25, 0.3) is 5.56 Å².